The van der Waals surface area contributed by atoms with E-state index in [1.165, 1.54) is 32.1 Å². The van der Waals surface area contributed by atoms with E-state index in [0.29, 0.717) is 5.92 Å². The maximum atomic E-state index is 10.6. The highest BCUT2D eigenvalue weighted by Gasteiger charge is 2.14. The Bertz CT molecular complexity index is 110. The maximum Gasteiger partial charge on any atom is 0.123 e. The lowest BCUT2D eigenvalue weighted by Crippen LogP contribution is -2.12. The molecule has 72 valence electrons. The molecule has 0 fully saturated rings. The van der Waals surface area contributed by atoms with Crippen LogP contribution in [-0.4, -0.2) is 6.29 Å². The van der Waals surface area contributed by atoms with E-state index in [2.05, 4.69) is 13.8 Å². The Morgan fingerprint density at radius 1 is 1.17 bits per heavy atom. The molecular weight excluding hydrogens is 148 g/mol. The second-order valence-electron chi connectivity index (χ2n) is 3.69. The molecule has 0 amide bonds. The number of aldehydes is 1. The second kappa shape index (κ2) is 7.33. The van der Waals surface area contributed by atoms with Crippen molar-refractivity contribution in [2.24, 2.45) is 11.8 Å². The summed E-state index contributed by atoms with van der Waals surface area (Å²) in [4.78, 5) is 10.6. The molecule has 0 aromatic heterocycles. The Morgan fingerprint density at radius 2 is 1.83 bits per heavy atom. The molecule has 0 radical (unpaired) electrons. The van der Waals surface area contributed by atoms with Crippen LogP contribution in [0, 0.1) is 11.8 Å². The monoisotopic (exact) mass is 170 g/mol. The van der Waals surface area contributed by atoms with Gasteiger partial charge in [-0.2, -0.15) is 0 Å². The van der Waals surface area contributed by atoms with Gasteiger partial charge in [0.05, 0.1) is 0 Å². The van der Waals surface area contributed by atoms with Gasteiger partial charge >= 0.3 is 0 Å². The second-order valence-corrected chi connectivity index (χ2v) is 3.69. The average Bonchev–Trinajstić information content (AvgIpc) is 2.11. The van der Waals surface area contributed by atoms with E-state index in [-0.39, 0.29) is 5.92 Å². The number of hydrogen-bond donors (Lipinski definition) is 0. The molecule has 0 aliphatic carbocycles. The van der Waals surface area contributed by atoms with Gasteiger partial charge in [-0.25, -0.2) is 0 Å². The zero-order valence-corrected chi connectivity index (χ0v) is 8.68. The van der Waals surface area contributed by atoms with Crippen LogP contribution in [0.2, 0.25) is 0 Å². The summed E-state index contributed by atoms with van der Waals surface area (Å²) in [6.45, 7) is 6.44. The molecule has 0 saturated heterocycles. The van der Waals surface area contributed by atoms with Crippen LogP contribution in [0.5, 0.6) is 0 Å². The van der Waals surface area contributed by atoms with Crippen LogP contribution < -0.4 is 0 Å². The van der Waals surface area contributed by atoms with Crippen molar-refractivity contribution in [2.75, 3.05) is 0 Å². The summed E-state index contributed by atoms with van der Waals surface area (Å²) in [5, 5.41) is 0. The van der Waals surface area contributed by atoms with Gasteiger partial charge in [0.25, 0.3) is 0 Å². The Labute approximate surface area is 76.6 Å². The molecule has 0 aromatic rings. The molecule has 0 aliphatic rings. The first-order valence-electron chi connectivity index (χ1n) is 5.21. The predicted molar refractivity (Wildman–Crippen MR) is 53.2 cm³/mol. The molecule has 0 aromatic carbocycles. The molecular formula is C11H22O. The van der Waals surface area contributed by atoms with E-state index >= 15 is 0 Å². The van der Waals surface area contributed by atoms with E-state index in [1.54, 1.807) is 0 Å². The summed E-state index contributed by atoms with van der Waals surface area (Å²) in [7, 11) is 0. The quantitative estimate of drug-likeness (QED) is 0.535. The van der Waals surface area contributed by atoms with Crippen molar-refractivity contribution in [1.82, 2.24) is 0 Å². The number of hydrogen-bond acceptors (Lipinski definition) is 1. The van der Waals surface area contributed by atoms with Crippen LogP contribution in [0.25, 0.3) is 0 Å². The molecule has 0 rings (SSSR count). The van der Waals surface area contributed by atoms with E-state index in [9.17, 15) is 4.79 Å². The summed E-state index contributed by atoms with van der Waals surface area (Å²) in [5.41, 5.74) is 0. The van der Waals surface area contributed by atoms with Gasteiger partial charge in [0.2, 0.25) is 0 Å². The topological polar surface area (TPSA) is 17.1 Å². The van der Waals surface area contributed by atoms with Gasteiger partial charge in [-0.1, -0.05) is 46.5 Å². The lowest BCUT2D eigenvalue weighted by molar-refractivity contribution is -0.112. The van der Waals surface area contributed by atoms with Crippen LogP contribution in [0.3, 0.4) is 0 Å². The molecule has 0 heterocycles. The zero-order valence-electron chi connectivity index (χ0n) is 8.68. The fourth-order valence-corrected chi connectivity index (χ4v) is 1.62. The smallest absolute Gasteiger partial charge is 0.123 e. The first kappa shape index (κ1) is 11.7. The number of unbranched alkanes of at least 4 members (excludes halogenated alkanes) is 1. The maximum absolute atomic E-state index is 10.6. The highest BCUT2D eigenvalue weighted by molar-refractivity contribution is 5.53. The van der Waals surface area contributed by atoms with E-state index < -0.39 is 0 Å². The lowest BCUT2D eigenvalue weighted by atomic mass is 9.87. The van der Waals surface area contributed by atoms with E-state index in [4.69, 9.17) is 0 Å². The van der Waals surface area contributed by atoms with Crippen molar-refractivity contribution >= 4 is 6.29 Å². The summed E-state index contributed by atoms with van der Waals surface area (Å²) in [6, 6.07) is 0. The van der Waals surface area contributed by atoms with Gasteiger partial charge in [-0.15, -0.1) is 0 Å². The Kier molecular flexibility index (Phi) is 7.12. The van der Waals surface area contributed by atoms with Crippen molar-refractivity contribution in [3.63, 3.8) is 0 Å². The molecule has 0 aliphatic heterocycles. The number of carbonyl (C=O) groups excluding carboxylic acids is 1. The fourth-order valence-electron chi connectivity index (χ4n) is 1.62. The van der Waals surface area contributed by atoms with Crippen molar-refractivity contribution in [3.05, 3.63) is 0 Å². The van der Waals surface area contributed by atoms with Crippen molar-refractivity contribution < 1.29 is 4.79 Å². The molecule has 0 bridgehead atoms. The first-order valence-corrected chi connectivity index (χ1v) is 5.21. The SMILES string of the molecule is CCCCC(CCC)C(C)C=O. The normalized spacial score (nSPS) is 15.6. The standard InChI is InChI=1S/C11H22O/c1-4-6-8-11(7-5-2)10(3)9-12/h9-11H,4-8H2,1-3H3. The Morgan fingerprint density at radius 3 is 2.25 bits per heavy atom. The Hall–Kier alpha value is -0.330. The average molecular weight is 170 g/mol. The third-order valence-corrected chi connectivity index (χ3v) is 2.55. The highest BCUT2D eigenvalue weighted by Crippen LogP contribution is 2.21. The number of rotatable bonds is 7. The van der Waals surface area contributed by atoms with Crippen LogP contribution >= 0.6 is 0 Å². The van der Waals surface area contributed by atoms with Crippen molar-refractivity contribution in [3.8, 4) is 0 Å². The highest BCUT2D eigenvalue weighted by atomic mass is 16.1. The van der Waals surface area contributed by atoms with E-state index in [1.807, 2.05) is 6.92 Å². The van der Waals surface area contributed by atoms with Gasteiger partial charge in [0.15, 0.2) is 0 Å². The largest absolute Gasteiger partial charge is 0.303 e. The molecule has 0 spiro atoms. The Balaban J connectivity index is 3.75. The minimum atomic E-state index is 0.261. The molecule has 0 saturated carbocycles. The van der Waals surface area contributed by atoms with Crippen LogP contribution in [0.15, 0.2) is 0 Å². The minimum Gasteiger partial charge on any atom is -0.303 e. The predicted octanol–water partition coefficient (Wildman–Crippen LogP) is 3.43. The summed E-state index contributed by atoms with van der Waals surface area (Å²) >= 11 is 0. The molecule has 2 atom stereocenters. The lowest BCUT2D eigenvalue weighted by Gasteiger charge is -2.18. The fraction of sp³-hybridized carbons (Fsp3) is 0.909. The zero-order chi connectivity index (χ0) is 9.40. The van der Waals surface area contributed by atoms with E-state index in [0.717, 1.165) is 6.29 Å². The van der Waals surface area contributed by atoms with Crippen LogP contribution in [-0.2, 0) is 4.79 Å². The third kappa shape index (κ3) is 4.53. The van der Waals surface area contributed by atoms with Gasteiger partial charge < -0.3 is 4.79 Å². The molecule has 1 nitrogen and oxygen atoms in total. The van der Waals surface area contributed by atoms with Crippen molar-refractivity contribution in [1.29, 1.82) is 0 Å². The third-order valence-electron chi connectivity index (χ3n) is 2.55. The van der Waals surface area contributed by atoms with Gasteiger partial charge in [0, 0.05) is 5.92 Å². The van der Waals surface area contributed by atoms with Gasteiger partial charge in [-0.3, -0.25) is 0 Å². The van der Waals surface area contributed by atoms with Crippen LogP contribution in [0.1, 0.15) is 52.9 Å². The summed E-state index contributed by atoms with van der Waals surface area (Å²) < 4.78 is 0. The van der Waals surface area contributed by atoms with Crippen LogP contribution in [0.4, 0.5) is 0 Å². The molecule has 1 heteroatoms. The molecule has 0 N–H and O–H groups in total. The minimum absolute atomic E-state index is 0.261. The van der Waals surface area contributed by atoms with Crippen molar-refractivity contribution in [2.45, 2.75) is 52.9 Å². The first-order chi connectivity index (χ1) is 5.76. The molecule has 2 unspecified atom stereocenters. The van der Waals surface area contributed by atoms with Gasteiger partial charge in [0.1, 0.15) is 6.29 Å². The summed E-state index contributed by atoms with van der Waals surface area (Å²) in [6.07, 6.45) is 7.25. The molecule has 12 heavy (non-hydrogen) atoms. The number of carbonyl (C=O) groups is 1. The summed E-state index contributed by atoms with van der Waals surface area (Å²) in [5.74, 6) is 0.893. The van der Waals surface area contributed by atoms with Gasteiger partial charge in [-0.05, 0) is 12.3 Å².